The maximum absolute atomic E-state index is 6.52. The molecular formula is C43H27N3O. The van der Waals surface area contributed by atoms with Gasteiger partial charge in [0.15, 0.2) is 5.82 Å². The normalized spacial score (nSPS) is 11.4. The van der Waals surface area contributed by atoms with Crippen molar-refractivity contribution in [3.8, 4) is 56.3 Å². The molecule has 0 fully saturated rings. The molecule has 9 rings (SSSR count). The zero-order valence-corrected chi connectivity index (χ0v) is 25.3. The second kappa shape index (κ2) is 11.2. The molecule has 6 aromatic carbocycles. The molecule has 0 saturated heterocycles. The average molecular weight is 602 g/mol. The number of hydrogen-bond acceptors (Lipinski definition) is 4. The van der Waals surface area contributed by atoms with Gasteiger partial charge < -0.3 is 4.42 Å². The summed E-state index contributed by atoms with van der Waals surface area (Å²) in [6.45, 7) is 0. The van der Waals surface area contributed by atoms with Gasteiger partial charge in [-0.15, -0.1) is 0 Å². The molecule has 0 bridgehead atoms. The van der Waals surface area contributed by atoms with Crippen molar-refractivity contribution < 1.29 is 4.42 Å². The Hall–Kier alpha value is -6.39. The fourth-order valence-corrected chi connectivity index (χ4v) is 6.35. The molecule has 0 amide bonds. The first kappa shape index (κ1) is 27.0. The highest BCUT2D eigenvalue weighted by Crippen LogP contribution is 2.40. The smallest absolute Gasteiger partial charge is 0.160 e. The Kier molecular flexibility index (Phi) is 6.43. The Bertz CT molecular complexity index is 2480. The van der Waals surface area contributed by atoms with Gasteiger partial charge in [0.2, 0.25) is 0 Å². The molecule has 0 saturated carbocycles. The number of fused-ring (bicyclic) bond motifs is 5. The molecule has 0 aliphatic rings. The van der Waals surface area contributed by atoms with Crippen molar-refractivity contribution >= 4 is 32.8 Å². The molecule has 0 aliphatic heterocycles. The van der Waals surface area contributed by atoms with E-state index in [9.17, 15) is 0 Å². The van der Waals surface area contributed by atoms with E-state index in [1.54, 1.807) is 0 Å². The van der Waals surface area contributed by atoms with Crippen LogP contribution in [0.1, 0.15) is 0 Å². The lowest BCUT2D eigenvalue weighted by Crippen LogP contribution is -1.96. The van der Waals surface area contributed by atoms with Crippen LogP contribution in [0.4, 0.5) is 0 Å². The number of hydrogen-bond donors (Lipinski definition) is 0. The number of rotatable bonds is 5. The number of benzene rings is 6. The molecule has 0 atom stereocenters. The molecule has 0 aliphatic carbocycles. The van der Waals surface area contributed by atoms with Gasteiger partial charge in [-0.2, -0.15) is 0 Å². The van der Waals surface area contributed by atoms with Crippen LogP contribution in [0.15, 0.2) is 168 Å². The maximum Gasteiger partial charge on any atom is 0.160 e. The second-order valence-corrected chi connectivity index (χ2v) is 11.6. The van der Waals surface area contributed by atoms with E-state index < -0.39 is 0 Å². The summed E-state index contributed by atoms with van der Waals surface area (Å²) in [6, 6.07) is 56.0. The van der Waals surface area contributed by atoms with Gasteiger partial charge in [0.05, 0.1) is 28.0 Å². The van der Waals surface area contributed by atoms with Crippen LogP contribution in [0, 0.1) is 0 Å². The average Bonchev–Trinajstić information content (AvgIpc) is 3.55. The van der Waals surface area contributed by atoms with Crippen molar-refractivity contribution in [1.82, 2.24) is 15.0 Å². The summed E-state index contributed by atoms with van der Waals surface area (Å²) in [4.78, 5) is 15.3. The summed E-state index contributed by atoms with van der Waals surface area (Å²) < 4.78 is 6.52. The molecule has 0 unspecified atom stereocenters. The minimum absolute atomic E-state index is 0.676. The van der Waals surface area contributed by atoms with E-state index in [1.165, 1.54) is 0 Å². The standard InChI is InChI=1S/C43H27N3O/c1-4-12-28(13-5-1)33-24-25-34-38(26-33)44-41(40-35-18-10-11-19-39(35)47-42(34)40)31-20-22-32(23-21-31)43-45-36(29-14-6-2-7-15-29)27-37(46-43)30-16-8-3-9-17-30/h1-27H. The third-order valence-electron chi connectivity index (χ3n) is 8.70. The van der Waals surface area contributed by atoms with Crippen LogP contribution in [0.5, 0.6) is 0 Å². The van der Waals surface area contributed by atoms with Crippen molar-refractivity contribution in [2.75, 3.05) is 0 Å². The SMILES string of the molecule is c1ccc(-c2ccc3c(c2)nc(-c2ccc(-c4nc(-c5ccccc5)cc(-c5ccccc5)n4)cc2)c2c4ccccc4oc32)cc1. The van der Waals surface area contributed by atoms with Gasteiger partial charge in [0.25, 0.3) is 0 Å². The van der Waals surface area contributed by atoms with Crippen LogP contribution in [-0.2, 0) is 0 Å². The van der Waals surface area contributed by atoms with E-state index in [-0.39, 0.29) is 0 Å². The quantitative estimate of drug-likeness (QED) is 0.197. The number of pyridine rings is 1. The van der Waals surface area contributed by atoms with Gasteiger partial charge in [0, 0.05) is 33.0 Å². The summed E-state index contributed by atoms with van der Waals surface area (Å²) in [5.41, 5.74) is 11.6. The number of aromatic nitrogens is 3. The Balaban J connectivity index is 1.21. The summed E-state index contributed by atoms with van der Waals surface area (Å²) >= 11 is 0. The summed E-state index contributed by atoms with van der Waals surface area (Å²) in [7, 11) is 0. The van der Waals surface area contributed by atoms with Gasteiger partial charge in [-0.3, -0.25) is 0 Å². The lowest BCUT2D eigenvalue weighted by Gasteiger charge is -2.11. The lowest BCUT2D eigenvalue weighted by molar-refractivity contribution is 0.672. The predicted octanol–water partition coefficient (Wildman–Crippen LogP) is 11.3. The summed E-state index contributed by atoms with van der Waals surface area (Å²) in [5, 5.41) is 3.06. The number of furan rings is 1. The molecule has 4 heteroatoms. The fourth-order valence-electron chi connectivity index (χ4n) is 6.35. The predicted molar refractivity (Wildman–Crippen MR) is 192 cm³/mol. The van der Waals surface area contributed by atoms with Crippen LogP contribution < -0.4 is 0 Å². The Morgan fingerprint density at radius 3 is 1.60 bits per heavy atom. The van der Waals surface area contributed by atoms with Gasteiger partial charge in [-0.25, -0.2) is 15.0 Å². The van der Waals surface area contributed by atoms with E-state index in [0.717, 1.165) is 83.3 Å². The Morgan fingerprint density at radius 1 is 0.383 bits per heavy atom. The van der Waals surface area contributed by atoms with Gasteiger partial charge in [0.1, 0.15) is 11.2 Å². The van der Waals surface area contributed by atoms with E-state index in [4.69, 9.17) is 19.4 Å². The lowest BCUT2D eigenvalue weighted by atomic mass is 9.99. The first-order valence-electron chi connectivity index (χ1n) is 15.7. The summed E-state index contributed by atoms with van der Waals surface area (Å²) in [6.07, 6.45) is 0. The highest BCUT2D eigenvalue weighted by molar-refractivity contribution is 6.19. The van der Waals surface area contributed by atoms with Crippen molar-refractivity contribution in [2.24, 2.45) is 0 Å². The molecule has 3 heterocycles. The van der Waals surface area contributed by atoms with Gasteiger partial charge in [-0.05, 0) is 35.4 Å². The summed E-state index contributed by atoms with van der Waals surface area (Å²) in [5.74, 6) is 0.676. The molecular weight excluding hydrogens is 574 g/mol. The zero-order valence-electron chi connectivity index (χ0n) is 25.3. The van der Waals surface area contributed by atoms with Crippen molar-refractivity contribution in [3.05, 3.63) is 164 Å². The van der Waals surface area contributed by atoms with E-state index in [1.807, 2.05) is 60.7 Å². The highest BCUT2D eigenvalue weighted by Gasteiger charge is 2.19. The van der Waals surface area contributed by atoms with Crippen LogP contribution in [0.25, 0.3) is 89.1 Å². The highest BCUT2D eigenvalue weighted by atomic mass is 16.3. The minimum Gasteiger partial charge on any atom is -0.455 e. The van der Waals surface area contributed by atoms with Crippen LogP contribution in [0.2, 0.25) is 0 Å². The van der Waals surface area contributed by atoms with E-state index >= 15 is 0 Å². The maximum atomic E-state index is 6.52. The molecule has 0 N–H and O–H groups in total. The first-order valence-corrected chi connectivity index (χ1v) is 15.7. The second-order valence-electron chi connectivity index (χ2n) is 11.6. The first-order chi connectivity index (χ1) is 23.3. The number of para-hydroxylation sites is 1. The molecule has 0 radical (unpaired) electrons. The van der Waals surface area contributed by atoms with Crippen molar-refractivity contribution in [2.45, 2.75) is 0 Å². The molecule has 0 spiro atoms. The minimum atomic E-state index is 0.676. The monoisotopic (exact) mass is 601 g/mol. The Morgan fingerprint density at radius 2 is 0.936 bits per heavy atom. The van der Waals surface area contributed by atoms with E-state index in [2.05, 4.69) is 103 Å². The van der Waals surface area contributed by atoms with Gasteiger partial charge >= 0.3 is 0 Å². The van der Waals surface area contributed by atoms with Crippen LogP contribution in [0.3, 0.4) is 0 Å². The molecule has 47 heavy (non-hydrogen) atoms. The van der Waals surface area contributed by atoms with E-state index in [0.29, 0.717) is 5.82 Å². The van der Waals surface area contributed by atoms with Crippen LogP contribution in [-0.4, -0.2) is 15.0 Å². The topological polar surface area (TPSA) is 51.8 Å². The molecule has 220 valence electrons. The van der Waals surface area contributed by atoms with Crippen molar-refractivity contribution in [1.29, 1.82) is 0 Å². The third kappa shape index (κ3) is 4.84. The fraction of sp³-hybridized carbons (Fsp3) is 0. The molecule has 4 nitrogen and oxygen atoms in total. The van der Waals surface area contributed by atoms with Gasteiger partial charge in [-0.1, -0.05) is 140 Å². The largest absolute Gasteiger partial charge is 0.455 e. The third-order valence-corrected chi connectivity index (χ3v) is 8.70. The molecule has 9 aromatic rings. The number of nitrogens with zero attached hydrogens (tertiary/aromatic N) is 3. The molecule has 3 aromatic heterocycles. The zero-order chi connectivity index (χ0) is 31.2. The van der Waals surface area contributed by atoms with Crippen LogP contribution >= 0.6 is 0 Å². The Labute approximate surface area is 271 Å². The van der Waals surface area contributed by atoms with Crippen molar-refractivity contribution in [3.63, 3.8) is 0 Å².